The van der Waals surface area contributed by atoms with Gasteiger partial charge in [-0.1, -0.05) is 34.6 Å². The molecule has 92 valence electrons. The summed E-state index contributed by atoms with van der Waals surface area (Å²) in [5.41, 5.74) is 0.510. The number of halogens is 1. The lowest BCUT2D eigenvalue weighted by atomic mass is 10.3. The number of hydrogen-bond acceptors (Lipinski definition) is 2. The van der Waals surface area contributed by atoms with Crippen LogP contribution in [-0.4, -0.2) is 27.3 Å². The van der Waals surface area contributed by atoms with Gasteiger partial charge in [0.1, 0.15) is 0 Å². The molecule has 15 heavy (non-hydrogen) atoms. The Morgan fingerprint density at radius 2 is 1.40 bits per heavy atom. The molecule has 4 heteroatoms. The highest BCUT2D eigenvalue weighted by Gasteiger charge is 2.48. The van der Waals surface area contributed by atoms with Crippen molar-refractivity contribution < 1.29 is 8.85 Å². The van der Waals surface area contributed by atoms with Crippen LogP contribution < -0.4 is 0 Å². The van der Waals surface area contributed by atoms with Gasteiger partial charge in [-0.2, -0.15) is 0 Å². The Hall–Kier alpha value is 0.427. The molecule has 0 heterocycles. The van der Waals surface area contributed by atoms with Crippen LogP contribution in [-0.2, 0) is 8.85 Å². The lowest BCUT2D eigenvalue weighted by Crippen LogP contribution is -2.53. The topological polar surface area (TPSA) is 18.5 Å². The smallest absolute Gasteiger partial charge is 0.358 e. The summed E-state index contributed by atoms with van der Waals surface area (Å²) in [7, 11) is -2.25. The SMILES string of the molecule is CCCO[Si](CCl)(OCCC)C(C)(C)C. The van der Waals surface area contributed by atoms with Gasteiger partial charge in [-0.25, -0.2) is 0 Å². The highest BCUT2D eigenvalue weighted by molar-refractivity contribution is 6.77. The van der Waals surface area contributed by atoms with Crippen molar-refractivity contribution in [3.63, 3.8) is 0 Å². The van der Waals surface area contributed by atoms with Gasteiger partial charge in [-0.3, -0.25) is 0 Å². The maximum absolute atomic E-state index is 6.09. The minimum Gasteiger partial charge on any atom is -0.393 e. The largest absolute Gasteiger partial charge is 0.393 e. The fourth-order valence-corrected chi connectivity index (χ4v) is 5.52. The normalized spacial score (nSPS) is 13.2. The lowest BCUT2D eigenvalue weighted by molar-refractivity contribution is 0.152. The fraction of sp³-hybridized carbons (Fsp3) is 1.00. The van der Waals surface area contributed by atoms with E-state index in [1.54, 1.807) is 0 Å². The monoisotopic (exact) mass is 252 g/mol. The molecule has 0 rings (SSSR count). The second-order valence-electron chi connectivity index (χ2n) is 4.83. The van der Waals surface area contributed by atoms with E-state index >= 15 is 0 Å². The molecule has 0 fully saturated rings. The molecule has 0 aliphatic rings. The molecule has 0 saturated heterocycles. The zero-order valence-corrected chi connectivity index (χ0v) is 12.5. The second-order valence-corrected chi connectivity index (χ2v) is 9.49. The predicted octanol–water partition coefficient (Wildman–Crippen LogP) is 3.86. The van der Waals surface area contributed by atoms with Gasteiger partial charge in [-0.15, -0.1) is 11.6 Å². The van der Waals surface area contributed by atoms with Crippen LogP contribution in [0.15, 0.2) is 0 Å². The maximum Gasteiger partial charge on any atom is 0.358 e. The van der Waals surface area contributed by atoms with Gasteiger partial charge in [0, 0.05) is 18.3 Å². The van der Waals surface area contributed by atoms with Crippen molar-refractivity contribution in [3.8, 4) is 0 Å². The van der Waals surface area contributed by atoms with E-state index in [-0.39, 0.29) is 5.04 Å². The van der Waals surface area contributed by atoms with E-state index in [0.717, 1.165) is 26.1 Å². The van der Waals surface area contributed by atoms with Gasteiger partial charge in [0.2, 0.25) is 0 Å². The molecule has 0 radical (unpaired) electrons. The van der Waals surface area contributed by atoms with Crippen LogP contribution in [0.5, 0.6) is 0 Å². The van der Waals surface area contributed by atoms with Gasteiger partial charge < -0.3 is 8.85 Å². The Balaban J connectivity index is 4.60. The van der Waals surface area contributed by atoms with Crippen LogP contribution >= 0.6 is 11.6 Å². The first kappa shape index (κ1) is 15.4. The Morgan fingerprint density at radius 1 is 1.00 bits per heavy atom. The Morgan fingerprint density at radius 3 is 1.60 bits per heavy atom. The third kappa shape index (κ3) is 4.43. The van der Waals surface area contributed by atoms with Gasteiger partial charge >= 0.3 is 8.56 Å². The summed E-state index contributed by atoms with van der Waals surface area (Å²) < 4.78 is 12.0. The Bertz CT molecular complexity index is 160. The molecule has 0 aromatic carbocycles. The quantitative estimate of drug-likeness (QED) is 0.506. The van der Waals surface area contributed by atoms with Gasteiger partial charge in [-0.05, 0) is 12.8 Å². The predicted molar refractivity (Wildman–Crippen MR) is 68.7 cm³/mol. The molecule has 0 spiro atoms. The number of alkyl halides is 1. The second kappa shape index (κ2) is 6.89. The van der Waals surface area contributed by atoms with Gasteiger partial charge in [0.15, 0.2) is 0 Å². The molecule has 2 nitrogen and oxygen atoms in total. The van der Waals surface area contributed by atoms with Crippen LogP contribution in [0, 0.1) is 0 Å². The van der Waals surface area contributed by atoms with Crippen LogP contribution in [0.3, 0.4) is 0 Å². The molecule has 0 amide bonds. The van der Waals surface area contributed by atoms with Crippen molar-refractivity contribution in [2.24, 2.45) is 0 Å². The highest BCUT2D eigenvalue weighted by atomic mass is 35.5. The van der Waals surface area contributed by atoms with Crippen LogP contribution in [0.25, 0.3) is 0 Å². The standard InChI is InChI=1S/C11H25ClO2Si/c1-6-8-13-15(10-12,11(3,4)5)14-9-7-2/h6-10H2,1-5H3. The van der Waals surface area contributed by atoms with Gasteiger partial charge in [0.25, 0.3) is 0 Å². The number of hydrogen-bond donors (Lipinski definition) is 0. The van der Waals surface area contributed by atoms with Crippen LogP contribution in [0.2, 0.25) is 5.04 Å². The minimum atomic E-state index is -2.25. The van der Waals surface area contributed by atoms with Crippen molar-refractivity contribution >= 4 is 20.2 Å². The van der Waals surface area contributed by atoms with Crippen molar-refractivity contribution in [2.45, 2.75) is 52.5 Å². The van der Waals surface area contributed by atoms with Crippen LogP contribution in [0.4, 0.5) is 0 Å². The maximum atomic E-state index is 6.09. The average molecular weight is 253 g/mol. The molecule has 0 aliphatic heterocycles. The van der Waals surface area contributed by atoms with Crippen molar-refractivity contribution in [1.82, 2.24) is 0 Å². The van der Waals surface area contributed by atoms with E-state index in [0.29, 0.717) is 5.50 Å². The molecule has 0 aromatic rings. The molecule has 0 saturated carbocycles. The summed E-state index contributed by atoms with van der Waals surface area (Å²) in [6, 6.07) is 0. The number of rotatable bonds is 7. The van der Waals surface area contributed by atoms with Crippen LogP contribution in [0.1, 0.15) is 47.5 Å². The lowest BCUT2D eigenvalue weighted by Gasteiger charge is -2.39. The van der Waals surface area contributed by atoms with E-state index in [9.17, 15) is 0 Å². The van der Waals surface area contributed by atoms with Crippen molar-refractivity contribution in [1.29, 1.82) is 0 Å². The highest BCUT2D eigenvalue weighted by Crippen LogP contribution is 2.38. The summed E-state index contributed by atoms with van der Waals surface area (Å²) in [6.07, 6.45) is 2.02. The summed E-state index contributed by atoms with van der Waals surface area (Å²) >= 11 is 6.09. The molecule has 0 atom stereocenters. The molecule has 0 unspecified atom stereocenters. The third-order valence-electron chi connectivity index (χ3n) is 2.40. The van der Waals surface area contributed by atoms with E-state index < -0.39 is 8.56 Å². The average Bonchev–Trinajstić information content (AvgIpc) is 2.17. The van der Waals surface area contributed by atoms with Crippen molar-refractivity contribution in [2.75, 3.05) is 18.7 Å². The zero-order valence-electron chi connectivity index (χ0n) is 10.7. The first-order valence-corrected chi connectivity index (χ1v) is 8.33. The first-order chi connectivity index (χ1) is 6.93. The molecule has 0 aromatic heterocycles. The summed E-state index contributed by atoms with van der Waals surface area (Å²) in [4.78, 5) is 0. The molecular weight excluding hydrogens is 228 g/mol. The van der Waals surface area contributed by atoms with E-state index in [1.165, 1.54) is 0 Å². The van der Waals surface area contributed by atoms with E-state index in [2.05, 4.69) is 34.6 Å². The Kier molecular flexibility index (Phi) is 7.09. The molecule has 0 aliphatic carbocycles. The first-order valence-electron chi connectivity index (χ1n) is 5.77. The summed E-state index contributed by atoms with van der Waals surface area (Å²) in [5, 5.41) is 0.0269. The Labute approximate surface area is 101 Å². The van der Waals surface area contributed by atoms with Crippen molar-refractivity contribution in [3.05, 3.63) is 0 Å². The molecular formula is C11H25ClO2Si. The molecule has 0 bridgehead atoms. The third-order valence-corrected chi connectivity index (χ3v) is 7.43. The minimum absolute atomic E-state index is 0.0269. The van der Waals surface area contributed by atoms with E-state index in [4.69, 9.17) is 20.5 Å². The summed E-state index contributed by atoms with van der Waals surface area (Å²) in [5.74, 6) is 0. The fourth-order valence-electron chi connectivity index (χ4n) is 1.29. The van der Waals surface area contributed by atoms with E-state index in [1.807, 2.05) is 0 Å². The molecule has 0 N–H and O–H groups in total. The van der Waals surface area contributed by atoms with Gasteiger partial charge in [0.05, 0.1) is 5.50 Å². The summed E-state index contributed by atoms with van der Waals surface area (Å²) in [6.45, 7) is 12.2. The zero-order chi connectivity index (χ0) is 11.9.